The van der Waals surface area contributed by atoms with Crippen LogP contribution in [-0.4, -0.2) is 18.4 Å². The van der Waals surface area contributed by atoms with Crippen molar-refractivity contribution in [3.05, 3.63) is 48.0 Å². The van der Waals surface area contributed by atoms with Gasteiger partial charge in [-0.05, 0) is 25.7 Å². The second-order valence-corrected chi connectivity index (χ2v) is 5.65. The average molecular weight is 316 g/mol. The molecule has 126 valence electrons. The number of benzene rings is 1. The van der Waals surface area contributed by atoms with E-state index in [9.17, 15) is 9.59 Å². The SMILES string of the molecule is CCCCCCC/C=C\CCCOC(=O)C(=O)c1ccccc1. The van der Waals surface area contributed by atoms with E-state index in [1.807, 2.05) is 0 Å². The van der Waals surface area contributed by atoms with Crippen molar-refractivity contribution in [1.82, 2.24) is 0 Å². The molecular weight excluding hydrogens is 288 g/mol. The molecule has 0 aliphatic carbocycles. The summed E-state index contributed by atoms with van der Waals surface area (Å²) < 4.78 is 5.01. The number of carbonyl (C=O) groups excluding carboxylic acids is 2. The third-order valence-electron chi connectivity index (χ3n) is 3.61. The third-order valence-corrected chi connectivity index (χ3v) is 3.61. The summed E-state index contributed by atoms with van der Waals surface area (Å²) in [5, 5.41) is 0. The highest BCUT2D eigenvalue weighted by atomic mass is 16.5. The van der Waals surface area contributed by atoms with Gasteiger partial charge in [-0.2, -0.15) is 0 Å². The first kappa shape index (κ1) is 19.1. The van der Waals surface area contributed by atoms with E-state index in [0.717, 1.165) is 19.3 Å². The Labute approximate surface area is 139 Å². The standard InChI is InChI=1S/C20H28O3/c1-2-3-4-5-6-7-8-9-10-14-17-23-20(22)19(21)18-15-12-11-13-16-18/h8-9,11-13,15-16H,2-7,10,14,17H2,1H3/b9-8-. The highest BCUT2D eigenvalue weighted by Crippen LogP contribution is 2.06. The molecule has 0 saturated carbocycles. The number of unbranched alkanes of at least 4 members (excludes halogenated alkanes) is 6. The summed E-state index contributed by atoms with van der Waals surface area (Å²) >= 11 is 0. The van der Waals surface area contributed by atoms with E-state index in [1.54, 1.807) is 30.3 Å². The van der Waals surface area contributed by atoms with Crippen LogP contribution in [0, 0.1) is 0 Å². The quantitative estimate of drug-likeness (QED) is 0.177. The van der Waals surface area contributed by atoms with Crippen LogP contribution in [0.1, 0.15) is 68.6 Å². The minimum Gasteiger partial charge on any atom is -0.460 e. The summed E-state index contributed by atoms with van der Waals surface area (Å²) in [5.74, 6) is -1.34. The summed E-state index contributed by atoms with van der Waals surface area (Å²) in [5.41, 5.74) is 0.375. The Bertz CT molecular complexity index is 477. The molecule has 3 heteroatoms. The molecule has 1 aromatic rings. The second kappa shape index (κ2) is 12.6. The smallest absolute Gasteiger partial charge is 0.379 e. The van der Waals surface area contributed by atoms with Gasteiger partial charge in [0.1, 0.15) is 0 Å². The molecule has 1 rings (SSSR count). The molecule has 0 aromatic heterocycles. The van der Waals surface area contributed by atoms with E-state index in [2.05, 4.69) is 19.1 Å². The lowest BCUT2D eigenvalue weighted by molar-refractivity contribution is -0.138. The maximum atomic E-state index is 11.8. The first-order valence-corrected chi connectivity index (χ1v) is 8.67. The Morgan fingerprint density at radius 1 is 0.913 bits per heavy atom. The Hall–Kier alpha value is -1.90. The van der Waals surface area contributed by atoms with E-state index in [1.165, 1.54) is 32.1 Å². The fourth-order valence-corrected chi connectivity index (χ4v) is 2.24. The Kier molecular flexibility index (Phi) is 10.5. The van der Waals surface area contributed by atoms with E-state index < -0.39 is 11.8 Å². The minimum atomic E-state index is -0.767. The normalized spacial score (nSPS) is 10.8. The molecule has 0 N–H and O–H groups in total. The molecule has 0 bridgehead atoms. The van der Waals surface area contributed by atoms with Crippen molar-refractivity contribution in [2.75, 3.05) is 6.61 Å². The molecule has 0 radical (unpaired) electrons. The van der Waals surface area contributed by atoms with Crippen LogP contribution in [0.25, 0.3) is 0 Å². The van der Waals surface area contributed by atoms with Gasteiger partial charge in [0.05, 0.1) is 6.61 Å². The minimum absolute atomic E-state index is 0.290. The highest BCUT2D eigenvalue weighted by Gasteiger charge is 2.16. The van der Waals surface area contributed by atoms with Crippen LogP contribution >= 0.6 is 0 Å². The van der Waals surface area contributed by atoms with Gasteiger partial charge in [-0.1, -0.05) is 75.1 Å². The van der Waals surface area contributed by atoms with Gasteiger partial charge in [-0.25, -0.2) is 4.79 Å². The van der Waals surface area contributed by atoms with Crippen molar-refractivity contribution in [2.45, 2.75) is 58.3 Å². The van der Waals surface area contributed by atoms with Gasteiger partial charge in [0.15, 0.2) is 0 Å². The monoisotopic (exact) mass is 316 g/mol. The maximum absolute atomic E-state index is 11.8. The Morgan fingerprint density at radius 3 is 2.26 bits per heavy atom. The van der Waals surface area contributed by atoms with E-state index in [0.29, 0.717) is 5.56 Å². The van der Waals surface area contributed by atoms with E-state index >= 15 is 0 Å². The van der Waals surface area contributed by atoms with E-state index in [4.69, 9.17) is 4.74 Å². The molecule has 0 saturated heterocycles. The molecule has 0 aliphatic rings. The van der Waals surface area contributed by atoms with Crippen LogP contribution in [-0.2, 0) is 9.53 Å². The zero-order chi connectivity index (χ0) is 16.8. The van der Waals surface area contributed by atoms with Crippen molar-refractivity contribution < 1.29 is 14.3 Å². The van der Waals surface area contributed by atoms with Gasteiger partial charge in [0, 0.05) is 5.56 Å². The number of hydrogen-bond acceptors (Lipinski definition) is 3. The largest absolute Gasteiger partial charge is 0.460 e. The molecule has 0 spiro atoms. The van der Waals surface area contributed by atoms with Crippen LogP contribution in [0.3, 0.4) is 0 Å². The van der Waals surface area contributed by atoms with Crippen LogP contribution < -0.4 is 0 Å². The number of ketones is 1. The van der Waals surface area contributed by atoms with Crippen LogP contribution in [0.5, 0.6) is 0 Å². The summed E-state index contributed by atoms with van der Waals surface area (Å²) in [7, 11) is 0. The fourth-order valence-electron chi connectivity index (χ4n) is 2.24. The lowest BCUT2D eigenvalue weighted by Gasteiger charge is -2.02. The molecule has 0 amide bonds. The summed E-state index contributed by atoms with van der Waals surface area (Å²) in [6.45, 7) is 2.51. The van der Waals surface area contributed by atoms with Crippen molar-refractivity contribution in [3.63, 3.8) is 0 Å². The lowest BCUT2D eigenvalue weighted by atomic mass is 10.1. The predicted octanol–water partition coefficient (Wildman–Crippen LogP) is 5.11. The first-order chi connectivity index (χ1) is 11.3. The summed E-state index contributed by atoms with van der Waals surface area (Å²) in [4.78, 5) is 23.4. The number of hydrogen-bond donors (Lipinski definition) is 0. The number of rotatable bonds is 12. The van der Waals surface area contributed by atoms with Gasteiger partial charge in [0.2, 0.25) is 0 Å². The molecular formula is C20H28O3. The Balaban J connectivity index is 2.04. The zero-order valence-electron chi connectivity index (χ0n) is 14.1. The van der Waals surface area contributed by atoms with Crippen molar-refractivity contribution in [2.24, 2.45) is 0 Å². The average Bonchev–Trinajstić information content (AvgIpc) is 2.59. The first-order valence-electron chi connectivity index (χ1n) is 8.67. The summed E-state index contributed by atoms with van der Waals surface area (Å²) in [6, 6.07) is 8.50. The number of ether oxygens (including phenoxy) is 1. The van der Waals surface area contributed by atoms with Gasteiger partial charge in [0.25, 0.3) is 5.78 Å². The number of allylic oxidation sites excluding steroid dienone is 2. The number of esters is 1. The predicted molar refractivity (Wildman–Crippen MR) is 93.5 cm³/mol. The number of carbonyl (C=O) groups is 2. The topological polar surface area (TPSA) is 43.4 Å². The van der Waals surface area contributed by atoms with Gasteiger partial charge in [-0.3, -0.25) is 4.79 Å². The molecule has 0 unspecified atom stereocenters. The molecule has 23 heavy (non-hydrogen) atoms. The molecule has 0 aliphatic heterocycles. The van der Waals surface area contributed by atoms with Crippen molar-refractivity contribution in [3.8, 4) is 0 Å². The second-order valence-electron chi connectivity index (χ2n) is 5.65. The fraction of sp³-hybridized carbons (Fsp3) is 0.500. The van der Waals surface area contributed by atoms with Crippen molar-refractivity contribution >= 4 is 11.8 Å². The van der Waals surface area contributed by atoms with Crippen LogP contribution in [0.2, 0.25) is 0 Å². The van der Waals surface area contributed by atoms with Gasteiger partial charge < -0.3 is 4.74 Å². The lowest BCUT2D eigenvalue weighted by Crippen LogP contribution is -2.18. The summed E-state index contributed by atoms with van der Waals surface area (Å²) in [6.07, 6.45) is 13.6. The zero-order valence-corrected chi connectivity index (χ0v) is 14.1. The third kappa shape index (κ3) is 8.97. The molecule has 0 heterocycles. The van der Waals surface area contributed by atoms with E-state index in [-0.39, 0.29) is 6.61 Å². The maximum Gasteiger partial charge on any atom is 0.379 e. The molecule has 0 fully saturated rings. The van der Waals surface area contributed by atoms with Gasteiger partial charge in [-0.15, -0.1) is 0 Å². The van der Waals surface area contributed by atoms with Gasteiger partial charge >= 0.3 is 5.97 Å². The highest BCUT2D eigenvalue weighted by molar-refractivity contribution is 6.40. The molecule has 1 aromatic carbocycles. The molecule has 3 nitrogen and oxygen atoms in total. The van der Waals surface area contributed by atoms with Crippen LogP contribution in [0.15, 0.2) is 42.5 Å². The molecule has 0 atom stereocenters. The number of Topliss-reactive ketones (excluding diaryl/α,β-unsaturated/α-hetero) is 1. The van der Waals surface area contributed by atoms with Crippen molar-refractivity contribution in [1.29, 1.82) is 0 Å². The Morgan fingerprint density at radius 2 is 1.57 bits per heavy atom. The van der Waals surface area contributed by atoms with Crippen LogP contribution in [0.4, 0.5) is 0 Å².